The smallest absolute Gasteiger partial charge is 0.305 e. The van der Waals surface area contributed by atoms with Gasteiger partial charge in [-0.2, -0.15) is 0 Å². The predicted octanol–water partition coefficient (Wildman–Crippen LogP) is 14.7. The molecule has 0 fully saturated rings. The molecule has 0 amide bonds. The van der Waals surface area contributed by atoms with Crippen LogP contribution in [0.4, 0.5) is 0 Å². The maximum absolute atomic E-state index is 12.3. The van der Waals surface area contributed by atoms with Crippen LogP contribution in [0.2, 0.25) is 0 Å². The monoisotopic (exact) mass is 755 g/mol. The van der Waals surface area contributed by atoms with Crippen molar-refractivity contribution in [3.05, 3.63) is 0 Å². The van der Waals surface area contributed by atoms with Crippen molar-refractivity contribution in [1.29, 1.82) is 0 Å². The Hall–Kier alpha value is -0.910. The van der Waals surface area contributed by atoms with Crippen LogP contribution < -0.4 is 0 Å². The van der Waals surface area contributed by atoms with E-state index in [0.717, 1.165) is 88.6 Å². The summed E-state index contributed by atoms with van der Waals surface area (Å²) >= 11 is 0. The van der Waals surface area contributed by atoms with E-state index in [1.54, 1.807) is 0 Å². The zero-order valence-electron chi connectivity index (χ0n) is 35.1. The summed E-state index contributed by atoms with van der Waals surface area (Å²) in [6.45, 7) is 5.69. The first-order valence-electron chi connectivity index (χ1n) is 23.3. The van der Waals surface area contributed by atoms with Crippen LogP contribution in [0, 0.1) is 0 Å². The van der Waals surface area contributed by atoms with Gasteiger partial charge in [0.2, 0.25) is 0 Å². The van der Waals surface area contributed by atoms with Gasteiger partial charge < -0.3 is 9.47 Å². The molecule has 52 heavy (non-hydrogen) atoms. The quantitative estimate of drug-likeness (QED) is 0.0457. The molecule has 0 aromatic heterocycles. The van der Waals surface area contributed by atoms with Crippen LogP contribution in [0.1, 0.15) is 258 Å². The molecule has 0 saturated heterocycles. The van der Waals surface area contributed by atoms with Crippen LogP contribution in [0.25, 0.3) is 0 Å². The van der Waals surface area contributed by atoms with Crippen LogP contribution in [0.5, 0.6) is 0 Å². The third-order valence-electron chi connectivity index (χ3n) is 10.5. The number of carbonyl (C=O) groups excluding carboxylic acids is 2. The molecule has 0 aromatic carbocycles. The lowest BCUT2D eigenvalue weighted by Gasteiger charge is -2.06. The first-order chi connectivity index (χ1) is 25.6. The van der Waals surface area contributed by atoms with E-state index in [1.807, 2.05) is 0 Å². The van der Waals surface area contributed by atoms with Crippen LogP contribution in [0.15, 0.2) is 0 Å². The van der Waals surface area contributed by atoms with Crippen molar-refractivity contribution in [3.63, 3.8) is 0 Å². The van der Waals surface area contributed by atoms with E-state index in [0.29, 0.717) is 26.1 Å². The van der Waals surface area contributed by atoms with E-state index in [-0.39, 0.29) is 11.9 Å². The van der Waals surface area contributed by atoms with Gasteiger partial charge in [-0.1, -0.05) is 206 Å². The fourth-order valence-electron chi connectivity index (χ4n) is 6.98. The summed E-state index contributed by atoms with van der Waals surface area (Å²) in [6.07, 6.45) is 46.0. The van der Waals surface area contributed by atoms with E-state index in [2.05, 4.69) is 13.8 Å². The molecular formula is C46H90O5S. The van der Waals surface area contributed by atoms with Gasteiger partial charge in [0.25, 0.3) is 0 Å². The molecule has 0 spiro atoms. The number of rotatable bonds is 44. The molecule has 0 aliphatic heterocycles. The van der Waals surface area contributed by atoms with Crippen LogP contribution in [0.3, 0.4) is 0 Å². The van der Waals surface area contributed by atoms with Crippen molar-refractivity contribution < 1.29 is 23.3 Å². The van der Waals surface area contributed by atoms with E-state index in [4.69, 9.17) is 9.47 Å². The molecule has 0 heterocycles. The van der Waals surface area contributed by atoms with Gasteiger partial charge in [0.15, 0.2) is 0 Å². The lowest BCUT2D eigenvalue weighted by molar-refractivity contribution is -0.144. The number of esters is 2. The summed E-state index contributed by atoms with van der Waals surface area (Å²) in [4.78, 5) is 24.0. The molecular weight excluding hydrogens is 665 g/mol. The normalized spacial score (nSPS) is 11.4. The number of ether oxygens (including phenoxy) is 2. The minimum atomic E-state index is -0.758. The molecule has 0 aromatic rings. The van der Waals surface area contributed by atoms with Crippen LogP contribution >= 0.6 is 0 Å². The third-order valence-corrected chi connectivity index (χ3v) is 12.0. The van der Waals surface area contributed by atoms with Crippen molar-refractivity contribution in [1.82, 2.24) is 0 Å². The highest BCUT2D eigenvalue weighted by molar-refractivity contribution is 7.84. The molecule has 0 bridgehead atoms. The minimum absolute atomic E-state index is 0.0587. The Labute approximate surface area is 327 Å². The van der Waals surface area contributed by atoms with Crippen molar-refractivity contribution in [3.8, 4) is 0 Å². The van der Waals surface area contributed by atoms with Crippen molar-refractivity contribution in [2.45, 2.75) is 258 Å². The van der Waals surface area contributed by atoms with Gasteiger partial charge in [-0.05, 0) is 38.5 Å². The molecule has 0 unspecified atom stereocenters. The zero-order chi connectivity index (χ0) is 37.8. The number of hydrogen-bond donors (Lipinski definition) is 0. The molecule has 0 aliphatic rings. The van der Waals surface area contributed by atoms with Crippen LogP contribution in [-0.4, -0.2) is 40.9 Å². The Balaban J connectivity index is 3.32. The molecule has 0 rings (SSSR count). The van der Waals surface area contributed by atoms with Gasteiger partial charge in [-0.25, -0.2) is 0 Å². The Kier molecular flexibility index (Phi) is 43.7. The topological polar surface area (TPSA) is 69.7 Å². The maximum atomic E-state index is 12.3. The fraction of sp³-hybridized carbons (Fsp3) is 0.957. The standard InChI is InChI=1S/C46H90O5S/c1-3-5-7-9-11-13-15-17-19-21-23-25-29-35-41-50-45(47)39-33-27-31-37-43-52(49)44-38-32-28-34-40-46(48)51-42-36-30-26-24-22-20-18-16-14-12-10-8-6-4-2/h3-44H2,1-2H3. The molecule has 6 heteroatoms. The highest BCUT2D eigenvalue weighted by Gasteiger charge is 2.06. The minimum Gasteiger partial charge on any atom is -0.466 e. The summed E-state index contributed by atoms with van der Waals surface area (Å²) < 4.78 is 23.2. The van der Waals surface area contributed by atoms with Gasteiger partial charge in [0.05, 0.1) is 13.2 Å². The number of carbonyl (C=O) groups is 2. The predicted molar refractivity (Wildman–Crippen MR) is 227 cm³/mol. The first kappa shape index (κ1) is 51.1. The Morgan fingerprint density at radius 2 is 0.558 bits per heavy atom. The Morgan fingerprint density at radius 3 is 0.846 bits per heavy atom. The summed E-state index contributed by atoms with van der Waals surface area (Å²) in [5.41, 5.74) is 0. The van der Waals surface area contributed by atoms with E-state index in [1.165, 1.54) is 154 Å². The lowest BCUT2D eigenvalue weighted by atomic mass is 10.0. The summed E-state index contributed by atoms with van der Waals surface area (Å²) in [6, 6.07) is 0. The van der Waals surface area contributed by atoms with Crippen LogP contribution in [-0.2, 0) is 29.9 Å². The van der Waals surface area contributed by atoms with Crippen molar-refractivity contribution in [2.75, 3.05) is 24.7 Å². The average Bonchev–Trinajstić information content (AvgIpc) is 3.14. The lowest BCUT2D eigenvalue weighted by Crippen LogP contribution is -2.06. The Bertz CT molecular complexity index is 697. The zero-order valence-corrected chi connectivity index (χ0v) is 36.0. The van der Waals surface area contributed by atoms with Gasteiger partial charge >= 0.3 is 11.9 Å². The highest BCUT2D eigenvalue weighted by Crippen LogP contribution is 2.15. The van der Waals surface area contributed by atoms with Gasteiger partial charge in [0.1, 0.15) is 0 Å². The van der Waals surface area contributed by atoms with Gasteiger partial charge in [-0.15, -0.1) is 0 Å². The average molecular weight is 755 g/mol. The third kappa shape index (κ3) is 43.5. The number of hydrogen-bond acceptors (Lipinski definition) is 5. The highest BCUT2D eigenvalue weighted by atomic mass is 32.2. The van der Waals surface area contributed by atoms with Gasteiger partial charge in [-0.3, -0.25) is 13.8 Å². The summed E-state index contributed by atoms with van der Waals surface area (Å²) in [7, 11) is -0.758. The maximum Gasteiger partial charge on any atom is 0.305 e. The molecule has 310 valence electrons. The first-order valence-corrected chi connectivity index (χ1v) is 24.7. The molecule has 0 saturated carbocycles. The van der Waals surface area contributed by atoms with E-state index < -0.39 is 10.8 Å². The summed E-state index contributed by atoms with van der Waals surface area (Å²) in [5, 5.41) is 0. The summed E-state index contributed by atoms with van der Waals surface area (Å²) in [5.74, 6) is 1.40. The fourth-order valence-corrected chi connectivity index (χ4v) is 8.24. The molecule has 5 nitrogen and oxygen atoms in total. The van der Waals surface area contributed by atoms with Crippen molar-refractivity contribution in [2.24, 2.45) is 0 Å². The van der Waals surface area contributed by atoms with Crippen molar-refractivity contribution >= 4 is 22.7 Å². The second-order valence-electron chi connectivity index (χ2n) is 15.8. The largest absolute Gasteiger partial charge is 0.466 e. The molecule has 0 aliphatic carbocycles. The SMILES string of the molecule is CCCCCCCCCCCCCCCCOC(=O)CCCCCCS(=O)CCCCCCC(=O)OCCCCCCCCCCCCCCCC. The number of unbranched alkanes of at least 4 members (excludes halogenated alkanes) is 32. The second kappa shape index (κ2) is 44.5. The van der Waals surface area contributed by atoms with E-state index >= 15 is 0 Å². The van der Waals surface area contributed by atoms with Gasteiger partial charge in [0, 0.05) is 35.1 Å². The second-order valence-corrected chi connectivity index (χ2v) is 17.5. The Morgan fingerprint density at radius 1 is 0.327 bits per heavy atom. The molecule has 0 radical (unpaired) electrons. The van der Waals surface area contributed by atoms with E-state index in [9.17, 15) is 13.8 Å². The molecule has 0 atom stereocenters. The molecule has 0 N–H and O–H groups in total.